The molecule has 3 saturated heterocycles. The van der Waals surface area contributed by atoms with Gasteiger partial charge in [0.2, 0.25) is 5.91 Å². The highest BCUT2D eigenvalue weighted by Crippen LogP contribution is 2.26. The number of amides is 1. The number of rotatable bonds is 4. The predicted octanol–water partition coefficient (Wildman–Crippen LogP) is 1.62. The smallest absolute Gasteiger partial charge is 0.227 e. The van der Waals surface area contributed by atoms with E-state index in [4.69, 9.17) is 4.74 Å². The van der Waals surface area contributed by atoms with Gasteiger partial charge in [0.15, 0.2) is 0 Å². The van der Waals surface area contributed by atoms with Gasteiger partial charge in [-0.15, -0.1) is 0 Å². The quantitative estimate of drug-likeness (QED) is 0.804. The molecular formula is C21H32N4O2. The first-order valence-corrected chi connectivity index (χ1v) is 10.5. The zero-order chi connectivity index (χ0) is 18.5. The van der Waals surface area contributed by atoms with E-state index in [-0.39, 0.29) is 5.92 Å². The van der Waals surface area contributed by atoms with E-state index < -0.39 is 0 Å². The Morgan fingerprint density at radius 2 is 1.93 bits per heavy atom. The number of nitrogens with zero attached hydrogens (tertiary/aromatic N) is 4. The highest BCUT2D eigenvalue weighted by Gasteiger charge is 2.33. The number of likely N-dealkylation sites (tertiary alicyclic amines) is 2. The highest BCUT2D eigenvalue weighted by molar-refractivity contribution is 5.79. The molecule has 4 heterocycles. The van der Waals surface area contributed by atoms with E-state index >= 15 is 0 Å². The first-order chi connectivity index (χ1) is 13.3. The van der Waals surface area contributed by atoms with Crippen molar-refractivity contribution < 1.29 is 9.53 Å². The second-order valence-electron chi connectivity index (χ2n) is 8.14. The minimum absolute atomic E-state index is 0.185. The van der Waals surface area contributed by atoms with E-state index in [0.29, 0.717) is 25.2 Å². The van der Waals surface area contributed by atoms with Crippen LogP contribution in [-0.2, 0) is 16.1 Å². The van der Waals surface area contributed by atoms with E-state index in [1.54, 1.807) is 0 Å². The lowest BCUT2D eigenvalue weighted by atomic mass is 9.92. The molecule has 0 spiro atoms. The van der Waals surface area contributed by atoms with Crippen LogP contribution in [0.3, 0.4) is 0 Å². The summed E-state index contributed by atoms with van der Waals surface area (Å²) in [6.45, 7) is 8.29. The van der Waals surface area contributed by atoms with Crippen LogP contribution in [0.1, 0.15) is 31.2 Å². The van der Waals surface area contributed by atoms with Gasteiger partial charge >= 0.3 is 0 Å². The molecule has 148 valence electrons. The van der Waals surface area contributed by atoms with Crippen molar-refractivity contribution in [1.29, 1.82) is 0 Å². The minimum atomic E-state index is 0.185. The third-order valence-corrected chi connectivity index (χ3v) is 6.33. The Hall–Kier alpha value is -1.50. The standard InChI is InChI=1S/C21H32N4O2/c26-21(24-11-13-27-14-12-24)19-4-2-8-25(17-19)20-5-9-23(10-6-20)16-18-3-1-7-22-15-18/h1,3,7,15,19-20H,2,4-6,8-14,16-17H2. The van der Waals surface area contributed by atoms with Gasteiger partial charge in [0, 0.05) is 44.6 Å². The summed E-state index contributed by atoms with van der Waals surface area (Å²) in [6, 6.07) is 4.81. The minimum Gasteiger partial charge on any atom is -0.378 e. The molecule has 1 aromatic rings. The second-order valence-corrected chi connectivity index (χ2v) is 8.14. The summed E-state index contributed by atoms with van der Waals surface area (Å²) < 4.78 is 5.39. The maximum absolute atomic E-state index is 12.9. The molecule has 3 aliphatic heterocycles. The Labute approximate surface area is 162 Å². The van der Waals surface area contributed by atoms with Crippen LogP contribution < -0.4 is 0 Å². The van der Waals surface area contributed by atoms with Crippen LogP contribution in [0.2, 0.25) is 0 Å². The van der Waals surface area contributed by atoms with Crippen molar-refractivity contribution in [1.82, 2.24) is 19.7 Å². The van der Waals surface area contributed by atoms with Crippen LogP contribution >= 0.6 is 0 Å². The Bertz CT molecular complexity index is 597. The lowest BCUT2D eigenvalue weighted by molar-refractivity contribution is -0.142. The molecule has 3 aliphatic rings. The van der Waals surface area contributed by atoms with Gasteiger partial charge in [0.05, 0.1) is 19.1 Å². The molecule has 4 rings (SSSR count). The van der Waals surface area contributed by atoms with Crippen molar-refractivity contribution in [3.8, 4) is 0 Å². The Morgan fingerprint density at radius 3 is 2.67 bits per heavy atom. The van der Waals surface area contributed by atoms with Crippen molar-refractivity contribution in [2.75, 3.05) is 52.5 Å². The average Bonchev–Trinajstić information content (AvgIpc) is 2.75. The van der Waals surface area contributed by atoms with Crippen molar-refractivity contribution in [2.45, 2.75) is 38.3 Å². The van der Waals surface area contributed by atoms with Gasteiger partial charge in [0.25, 0.3) is 0 Å². The van der Waals surface area contributed by atoms with Crippen LogP contribution in [0.25, 0.3) is 0 Å². The van der Waals surface area contributed by atoms with E-state index in [0.717, 1.165) is 58.7 Å². The molecule has 3 fully saturated rings. The van der Waals surface area contributed by atoms with Crippen molar-refractivity contribution in [2.24, 2.45) is 5.92 Å². The number of carbonyl (C=O) groups excluding carboxylic acids is 1. The molecule has 0 aliphatic carbocycles. The molecule has 1 unspecified atom stereocenters. The molecule has 27 heavy (non-hydrogen) atoms. The summed E-state index contributed by atoms with van der Waals surface area (Å²) in [5.74, 6) is 0.544. The lowest BCUT2D eigenvalue weighted by Crippen LogP contribution is -2.52. The predicted molar refractivity (Wildman–Crippen MR) is 104 cm³/mol. The summed E-state index contributed by atoms with van der Waals surface area (Å²) >= 11 is 0. The van der Waals surface area contributed by atoms with E-state index in [2.05, 4.69) is 20.9 Å². The average molecular weight is 373 g/mol. The van der Waals surface area contributed by atoms with Gasteiger partial charge in [-0.25, -0.2) is 0 Å². The van der Waals surface area contributed by atoms with E-state index in [9.17, 15) is 4.79 Å². The Kier molecular flexibility index (Phi) is 6.37. The van der Waals surface area contributed by atoms with Gasteiger partial charge < -0.3 is 9.64 Å². The molecule has 0 bridgehead atoms. The zero-order valence-corrected chi connectivity index (χ0v) is 16.3. The molecule has 6 nitrogen and oxygen atoms in total. The fraction of sp³-hybridized carbons (Fsp3) is 0.714. The molecule has 0 radical (unpaired) electrons. The molecule has 1 atom stereocenters. The number of pyridine rings is 1. The van der Waals surface area contributed by atoms with Crippen molar-refractivity contribution >= 4 is 5.91 Å². The van der Waals surface area contributed by atoms with Crippen molar-refractivity contribution in [3.63, 3.8) is 0 Å². The lowest BCUT2D eigenvalue weighted by Gasteiger charge is -2.43. The molecule has 6 heteroatoms. The van der Waals surface area contributed by atoms with Gasteiger partial charge in [-0.1, -0.05) is 6.07 Å². The van der Waals surface area contributed by atoms with Crippen LogP contribution in [0.4, 0.5) is 0 Å². The fourth-order valence-electron chi connectivity index (χ4n) is 4.77. The molecule has 0 N–H and O–H groups in total. The third kappa shape index (κ3) is 4.86. The van der Waals surface area contributed by atoms with E-state index in [1.807, 2.05) is 23.4 Å². The number of hydrogen-bond acceptors (Lipinski definition) is 5. The van der Waals surface area contributed by atoms with Crippen LogP contribution in [0.5, 0.6) is 0 Å². The van der Waals surface area contributed by atoms with Crippen molar-refractivity contribution in [3.05, 3.63) is 30.1 Å². The number of aromatic nitrogens is 1. The summed E-state index contributed by atoms with van der Waals surface area (Å²) in [6.07, 6.45) is 8.42. The van der Waals surface area contributed by atoms with Crippen LogP contribution in [0.15, 0.2) is 24.5 Å². The maximum Gasteiger partial charge on any atom is 0.227 e. The molecule has 0 aromatic carbocycles. The Balaban J connectivity index is 1.26. The second kappa shape index (κ2) is 9.13. The first kappa shape index (κ1) is 18.8. The summed E-state index contributed by atoms with van der Waals surface area (Å²) in [7, 11) is 0. The number of morpholine rings is 1. The monoisotopic (exact) mass is 372 g/mol. The van der Waals surface area contributed by atoms with E-state index in [1.165, 1.54) is 18.4 Å². The third-order valence-electron chi connectivity index (χ3n) is 6.33. The highest BCUT2D eigenvalue weighted by atomic mass is 16.5. The maximum atomic E-state index is 12.9. The first-order valence-electron chi connectivity index (χ1n) is 10.5. The molecule has 1 amide bonds. The number of piperidine rings is 2. The molecule has 0 saturated carbocycles. The van der Waals surface area contributed by atoms with Crippen LogP contribution in [-0.4, -0.2) is 84.1 Å². The van der Waals surface area contributed by atoms with Gasteiger partial charge in [-0.3, -0.25) is 19.6 Å². The number of ether oxygens (including phenoxy) is 1. The number of hydrogen-bond donors (Lipinski definition) is 0. The zero-order valence-electron chi connectivity index (χ0n) is 16.3. The number of carbonyl (C=O) groups is 1. The fourth-order valence-corrected chi connectivity index (χ4v) is 4.77. The largest absolute Gasteiger partial charge is 0.378 e. The van der Waals surface area contributed by atoms with Gasteiger partial charge in [0.1, 0.15) is 0 Å². The topological polar surface area (TPSA) is 48.9 Å². The van der Waals surface area contributed by atoms with Crippen LogP contribution in [0, 0.1) is 5.92 Å². The normalized spacial score (nSPS) is 26.2. The van der Waals surface area contributed by atoms with Gasteiger partial charge in [-0.2, -0.15) is 0 Å². The summed E-state index contributed by atoms with van der Waals surface area (Å²) in [4.78, 5) is 24.3. The van der Waals surface area contributed by atoms with Gasteiger partial charge in [-0.05, 0) is 56.9 Å². The SMILES string of the molecule is O=C(C1CCCN(C2CCN(Cc3cccnc3)CC2)C1)N1CCOCC1. The Morgan fingerprint density at radius 1 is 1.11 bits per heavy atom. The summed E-state index contributed by atoms with van der Waals surface area (Å²) in [5, 5.41) is 0. The summed E-state index contributed by atoms with van der Waals surface area (Å²) in [5.41, 5.74) is 1.30. The molecular weight excluding hydrogens is 340 g/mol. The molecule has 1 aromatic heterocycles.